The van der Waals surface area contributed by atoms with Crippen molar-refractivity contribution in [1.82, 2.24) is 9.72 Å². The Kier molecular flexibility index (Phi) is 3.97. The molecule has 1 aromatic carbocycles. The van der Waals surface area contributed by atoms with Gasteiger partial charge in [-0.25, -0.2) is 4.39 Å². The van der Waals surface area contributed by atoms with Gasteiger partial charge in [-0.1, -0.05) is 11.2 Å². The molecule has 1 amide bonds. The first kappa shape index (κ1) is 16.0. The lowest BCUT2D eigenvalue weighted by atomic mass is 10.2. The fraction of sp³-hybridized carbons (Fsp3) is 0.222. The maximum atomic E-state index is 13.9. The number of nitrogens with one attached hydrogen (secondary N) is 1. The molecule has 0 saturated heterocycles. The number of anilines is 1. The zero-order valence-electron chi connectivity index (χ0n) is 14.0. The van der Waals surface area contributed by atoms with Crippen molar-refractivity contribution in [2.24, 2.45) is 0 Å². The third-order valence-electron chi connectivity index (χ3n) is 3.89. The first-order valence-electron chi connectivity index (χ1n) is 7.57. The standard InChI is InChI=1S/C18H18FN3O2/c1-10-5-6-16(15(19)7-10)20-18(23)14-8-11(2)22(13(14)4)17-9-12(3)24-21-17/h5-9H,1-4H3,(H,20,23). The first-order valence-corrected chi connectivity index (χ1v) is 7.57. The number of amides is 1. The Bertz CT molecular complexity index is 924. The van der Waals surface area contributed by atoms with Crippen molar-refractivity contribution >= 4 is 11.6 Å². The van der Waals surface area contributed by atoms with Crippen LogP contribution in [0.25, 0.3) is 5.82 Å². The molecule has 5 nitrogen and oxygen atoms in total. The van der Waals surface area contributed by atoms with E-state index in [1.165, 1.54) is 6.07 Å². The topological polar surface area (TPSA) is 60.1 Å². The van der Waals surface area contributed by atoms with Crippen molar-refractivity contribution in [3.05, 3.63) is 64.4 Å². The summed E-state index contributed by atoms with van der Waals surface area (Å²) in [5, 5.41) is 6.61. The molecule has 24 heavy (non-hydrogen) atoms. The number of hydrogen-bond donors (Lipinski definition) is 1. The van der Waals surface area contributed by atoms with Gasteiger partial charge in [0.25, 0.3) is 5.91 Å². The number of carbonyl (C=O) groups is 1. The summed E-state index contributed by atoms with van der Waals surface area (Å²) in [6, 6.07) is 8.24. The molecule has 3 aromatic rings. The Balaban J connectivity index is 1.94. The minimum absolute atomic E-state index is 0.160. The predicted octanol–water partition coefficient (Wildman–Crippen LogP) is 4.09. The summed E-state index contributed by atoms with van der Waals surface area (Å²) in [6.07, 6.45) is 0. The first-order chi connectivity index (χ1) is 11.4. The van der Waals surface area contributed by atoms with E-state index in [0.717, 1.165) is 11.3 Å². The maximum Gasteiger partial charge on any atom is 0.257 e. The summed E-state index contributed by atoms with van der Waals surface area (Å²) in [7, 11) is 0. The summed E-state index contributed by atoms with van der Waals surface area (Å²) < 4.78 is 20.9. The Morgan fingerprint density at radius 1 is 1.17 bits per heavy atom. The molecule has 0 unspecified atom stereocenters. The Labute approximate surface area is 139 Å². The van der Waals surface area contributed by atoms with Gasteiger partial charge in [-0.05, 0) is 51.5 Å². The van der Waals surface area contributed by atoms with E-state index in [1.807, 2.05) is 18.4 Å². The van der Waals surface area contributed by atoms with E-state index in [4.69, 9.17) is 4.52 Å². The van der Waals surface area contributed by atoms with Gasteiger partial charge >= 0.3 is 0 Å². The number of nitrogens with zero attached hydrogens (tertiary/aromatic N) is 2. The number of aromatic nitrogens is 2. The summed E-state index contributed by atoms with van der Waals surface area (Å²) in [6.45, 7) is 7.29. The van der Waals surface area contributed by atoms with Crippen molar-refractivity contribution in [2.45, 2.75) is 27.7 Å². The van der Waals surface area contributed by atoms with Gasteiger partial charge in [-0.3, -0.25) is 9.36 Å². The van der Waals surface area contributed by atoms with Crippen LogP contribution in [-0.4, -0.2) is 15.6 Å². The quantitative estimate of drug-likeness (QED) is 0.788. The monoisotopic (exact) mass is 327 g/mol. The molecule has 0 aliphatic carbocycles. The Morgan fingerprint density at radius 3 is 2.54 bits per heavy atom. The molecule has 0 radical (unpaired) electrons. The minimum atomic E-state index is -0.454. The number of hydrogen-bond acceptors (Lipinski definition) is 3. The zero-order valence-corrected chi connectivity index (χ0v) is 14.0. The van der Waals surface area contributed by atoms with Gasteiger partial charge in [0.2, 0.25) is 0 Å². The van der Waals surface area contributed by atoms with Crippen LogP contribution < -0.4 is 5.32 Å². The van der Waals surface area contributed by atoms with Gasteiger partial charge < -0.3 is 9.84 Å². The van der Waals surface area contributed by atoms with E-state index in [-0.39, 0.29) is 11.6 Å². The second kappa shape index (κ2) is 5.96. The van der Waals surface area contributed by atoms with Crippen LogP contribution in [0.1, 0.15) is 33.1 Å². The van der Waals surface area contributed by atoms with E-state index in [2.05, 4.69) is 10.5 Å². The van der Waals surface area contributed by atoms with Gasteiger partial charge in [0.15, 0.2) is 5.82 Å². The van der Waals surface area contributed by atoms with Crippen LogP contribution in [-0.2, 0) is 0 Å². The number of carbonyl (C=O) groups excluding carboxylic acids is 1. The third kappa shape index (κ3) is 2.82. The third-order valence-corrected chi connectivity index (χ3v) is 3.89. The van der Waals surface area contributed by atoms with E-state index >= 15 is 0 Å². The molecule has 3 rings (SSSR count). The average molecular weight is 327 g/mol. The number of benzene rings is 1. The Morgan fingerprint density at radius 2 is 1.92 bits per heavy atom. The molecular weight excluding hydrogens is 309 g/mol. The molecule has 0 spiro atoms. The highest BCUT2D eigenvalue weighted by Crippen LogP contribution is 2.23. The van der Waals surface area contributed by atoms with Crippen molar-refractivity contribution in [1.29, 1.82) is 0 Å². The van der Waals surface area contributed by atoms with Crippen LogP contribution >= 0.6 is 0 Å². The fourth-order valence-electron chi connectivity index (χ4n) is 2.72. The molecular formula is C18H18FN3O2. The normalized spacial score (nSPS) is 10.9. The van der Waals surface area contributed by atoms with Crippen LogP contribution in [0.15, 0.2) is 34.9 Å². The van der Waals surface area contributed by atoms with Gasteiger partial charge in [0, 0.05) is 17.5 Å². The van der Waals surface area contributed by atoms with Crippen molar-refractivity contribution in [2.75, 3.05) is 5.32 Å². The highest BCUT2D eigenvalue weighted by Gasteiger charge is 2.19. The zero-order chi connectivity index (χ0) is 17.4. The second-order valence-electron chi connectivity index (χ2n) is 5.85. The van der Waals surface area contributed by atoms with Gasteiger partial charge in [0.05, 0.1) is 11.3 Å². The molecule has 2 heterocycles. The SMILES string of the molecule is Cc1ccc(NC(=O)c2cc(C)n(-c3cc(C)on3)c2C)c(F)c1. The highest BCUT2D eigenvalue weighted by atomic mass is 19.1. The van der Waals surface area contributed by atoms with Crippen LogP contribution in [0.3, 0.4) is 0 Å². The lowest BCUT2D eigenvalue weighted by Crippen LogP contribution is -2.14. The summed E-state index contributed by atoms with van der Waals surface area (Å²) in [5.41, 5.74) is 2.98. The molecule has 1 N–H and O–H groups in total. The fourth-order valence-corrected chi connectivity index (χ4v) is 2.72. The van der Waals surface area contributed by atoms with Crippen molar-refractivity contribution < 1.29 is 13.7 Å². The highest BCUT2D eigenvalue weighted by molar-refractivity contribution is 6.05. The van der Waals surface area contributed by atoms with Crippen molar-refractivity contribution in [3.63, 3.8) is 0 Å². The van der Waals surface area contributed by atoms with E-state index in [9.17, 15) is 9.18 Å². The van der Waals surface area contributed by atoms with Crippen molar-refractivity contribution in [3.8, 4) is 5.82 Å². The van der Waals surface area contributed by atoms with Crippen LogP contribution in [0.2, 0.25) is 0 Å². The second-order valence-corrected chi connectivity index (χ2v) is 5.85. The van der Waals surface area contributed by atoms with E-state index in [0.29, 0.717) is 22.8 Å². The Hall–Kier alpha value is -2.89. The molecule has 0 saturated carbocycles. The number of aryl methyl sites for hydroxylation is 3. The van der Waals surface area contributed by atoms with Crippen LogP contribution in [0.5, 0.6) is 0 Å². The summed E-state index contributed by atoms with van der Waals surface area (Å²) in [4.78, 5) is 12.5. The average Bonchev–Trinajstić information content (AvgIpc) is 3.05. The molecule has 0 fully saturated rings. The molecule has 124 valence electrons. The number of rotatable bonds is 3. The predicted molar refractivity (Wildman–Crippen MR) is 89.1 cm³/mol. The van der Waals surface area contributed by atoms with Gasteiger partial charge in [0.1, 0.15) is 11.6 Å². The largest absolute Gasteiger partial charge is 0.360 e. The van der Waals surface area contributed by atoms with Gasteiger partial charge in [-0.2, -0.15) is 0 Å². The lowest BCUT2D eigenvalue weighted by molar-refractivity contribution is 0.102. The molecule has 6 heteroatoms. The molecule has 0 atom stereocenters. The maximum absolute atomic E-state index is 13.9. The molecule has 0 aliphatic heterocycles. The summed E-state index contributed by atoms with van der Waals surface area (Å²) in [5.74, 6) is 0.481. The van der Waals surface area contributed by atoms with Crippen LogP contribution in [0, 0.1) is 33.5 Å². The van der Waals surface area contributed by atoms with E-state index < -0.39 is 5.82 Å². The number of halogens is 1. The minimum Gasteiger partial charge on any atom is -0.360 e. The van der Waals surface area contributed by atoms with Crippen LogP contribution in [0.4, 0.5) is 10.1 Å². The molecule has 0 aliphatic rings. The van der Waals surface area contributed by atoms with Gasteiger partial charge in [-0.15, -0.1) is 0 Å². The molecule has 0 bridgehead atoms. The van der Waals surface area contributed by atoms with E-state index in [1.54, 1.807) is 38.1 Å². The smallest absolute Gasteiger partial charge is 0.257 e. The molecule has 2 aromatic heterocycles. The lowest BCUT2D eigenvalue weighted by Gasteiger charge is -2.08. The summed E-state index contributed by atoms with van der Waals surface area (Å²) >= 11 is 0.